The van der Waals surface area contributed by atoms with Crippen molar-refractivity contribution in [2.75, 3.05) is 5.32 Å². The van der Waals surface area contributed by atoms with Gasteiger partial charge < -0.3 is 5.11 Å². The summed E-state index contributed by atoms with van der Waals surface area (Å²) in [5.41, 5.74) is -0.287. The van der Waals surface area contributed by atoms with Gasteiger partial charge in [0.05, 0.1) is 4.92 Å². The number of amides is 1. The van der Waals surface area contributed by atoms with Gasteiger partial charge in [-0.15, -0.1) is 0 Å². The van der Waals surface area contributed by atoms with E-state index in [9.17, 15) is 14.9 Å². The SMILES string of the molecule is O=C(O)Nc1ccccc1[N+](=O)[O-]. The highest BCUT2D eigenvalue weighted by molar-refractivity contribution is 5.86. The molecule has 0 radical (unpaired) electrons. The summed E-state index contributed by atoms with van der Waals surface area (Å²) < 4.78 is 0. The lowest BCUT2D eigenvalue weighted by Gasteiger charge is -2.00. The van der Waals surface area contributed by atoms with Gasteiger partial charge in [-0.25, -0.2) is 4.79 Å². The number of carboxylic acid groups (broad SMARTS) is 1. The van der Waals surface area contributed by atoms with Gasteiger partial charge in [0.25, 0.3) is 5.69 Å². The van der Waals surface area contributed by atoms with E-state index < -0.39 is 11.0 Å². The maximum Gasteiger partial charge on any atom is 0.409 e. The monoisotopic (exact) mass is 182 g/mol. The van der Waals surface area contributed by atoms with Gasteiger partial charge in [0.1, 0.15) is 5.69 Å². The van der Waals surface area contributed by atoms with E-state index >= 15 is 0 Å². The predicted molar refractivity (Wildman–Crippen MR) is 44.7 cm³/mol. The molecule has 0 aliphatic heterocycles. The molecule has 0 unspecified atom stereocenters. The number of nitro groups is 1. The lowest BCUT2D eigenvalue weighted by Crippen LogP contribution is -2.08. The normalized spacial score (nSPS) is 9.23. The van der Waals surface area contributed by atoms with Crippen LogP contribution >= 0.6 is 0 Å². The van der Waals surface area contributed by atoms with Gasteiger partial charge in [0.2, 0.25) is 0 Å². The van der Waals surface area contributed by atoms with Crippen LogP contribution in [0, 0.1) is 10.1 Å². The molecule has 1 rings (SSSR count). The van der Waals surface area contributed by atoms with Crippen molar-refractivity contribution in [3.05, 3.63) is 34.4 Å². The summed E-state index contributed by atoms with van der Waals surface area (Å²) in [6, 6.07) is 5.53. The van der Waals surface area contributed by atoms with Crippen LogP contribution in [0.25, 0.3) is 0 Å². The van der Waals surface area contributed by atoms with Crippen molar-refractivity contribution in [1.29, 1.82) is 0 Å². The van der Waals surface area contributed by atoms with Crippen molar-refractivity contribution in [1.82, 2.24) is 0 Å². The van der Waals surface area contributed by atoms with E-state index in [1.807, 2.05) is 5.32 Å². The van der Waals surface area contributed by atoms with Crippen LogP contribution in [0.4, 0.5) is 16.2 Å². The molecule has 0 bridgehead atoms. The molecule has 2 N–H and O–H groups in total. The molecular weight excluding hydrogens is 176 g/mol. The number of nitrogens with zero attached hydrogens (tertiary/aromatic N) is 1. The van der Waals surface area contributed by atoms with Gasteiger partial charge in [-0.05, 0) is 6.07 Å². The number of hydrogen-bond acceptors (Lipinski definition) is 3. The molecule has 1 aromatic carbocycles. The van der Waals surface area contributed by atoms with Crippen molar-refractivity contribution < 1.29 is 14.8 Å². The fourth-order valence-corrected chi connectivity index (χ4v) is 0.854. The molecule has 0 fully saturated rings. The van der Waals surface area contributed by atoms with E-state index in [0.29, 0.717) is 0 Å². The van der Waals surface area contributed by atoms with Crippen LogP contribution in [0.15, 0.2) is 24.3 Å². The molecule has 6 nitrogen and oxygen atoms in total. The Morgan fingerprint density at radius 3 is 2.62 bits per heavy atom. The second-order valence-electron chi connectivity index (χ2n) is 2.20. The molecule has 0 saturated carbocycles. The van der Waals surface area contributed by atoms with Gasteiger partial charge >= 0.3 is 6.09 Å². The van der Waals surface area contributed by atoms with Crippen LogP contribution in [-0.2, 0) is 0 Å². The summed E-state index contributed by atoms with van der Waals surface area (Å²) in [6.07, 6.45) is -1.32. The van der Waals surface area contributed by atoms with E-state index in [1.54, 1.807) is 0 Å². The number of carbonyl (C=O) groups is 1. The van der Waals surface area contributed by atoms with E-state index in [-0.39, 0.29) is 11.4 Å². The average Bonchev–Trinajstić information content (AvgIpc) is 2.03. The molecule has 1 amide bonds. The van der Waals surface area contributed by atoms with Gasteiger partial charge in [0.15, 0.2) is 0 Å². The highest BCUT2D eigenvalue weighted by atomic mass is 16.6. The molecule has 1 aromatic rings. The van der Waals surface area contributed by atoms with Crippen LogP contribution in [0.2, 0.25) is 0 Å². The highest BCUT2D eigenvalue weighted by Gasteiger charge is 2.13. The van der Waals surface area contributed by atoms with Gasteiger partial charge in [-0.1, -0.05) is 12.1 Å². The molecular formula is C7H6N2O4. The molecule has 13 heavy (non-hydrogen) atoms. The van der Waals surface area contributed by atoms with E-state index in [2.05, 4.69) is 0 Å². The minimum absolute atomic E-state index is 0.0278. The van der Waals surface area contributed by atoms with Gasteiger partial charge in [-0.2, -0.15) is 0 Å². The average molecular weight is 182 g/mol. The lowest BCUT2D eigenvalue weighted by atomic mass is 10.3. The Labute approximate surface area is 73.0 Å². The Kier molecular flexibility index (Phi) is 2.44. The Hall–Kier alpha value is -2.11. The van der Waals surface area contributed by atoms with E-state index in [1.165, 1.54) is 24.3 Å². The zero-order chi connectivity index (χ0) is 9.84. The molecule has 0 aliphatic carbocycles. The Morgan fingerprint density at radius 2 is 2.08 bits per heavy atom. The van der Waals surface area contributed by atoms with Crippen LogP contribution < -0.4 is 5.32 Å². The van der Waals surface area contributed by atoms with Crippen LogP contribution in [-0.4, -0.2) is 16.1 Å². The standard InChI is InChI=1S/C7H6N2O4/c10-7(11)8-5-3-1-2-4-6(5)9(12)13/h1-4,8H,(H,10,11). The lowest BCUT2D eigenvalue weighted by molar-refractivity contribution is -0.383. The first-order valence-electron chi connectivity index (χ1n) is 3.34. The summed E-state index contributed by atoms with van der Waals surface area (Å²) in [5.74, 6) is 0. The largest absolute Gasteiger partial charge is 0.465 e. The fraction of sp³-hybridized carbons (Fsp3) is 0. The quantitative estimate of drug-likeness (QED) is 0.537. The van der Waals surface area contributed by atoms with Crippen molar-refractivity contribution >= 4 is 17.5 Å². The first kappa shape index (κ1) is 8.98. The summed E-state index contributed by atoms with van der Waals surface area (Å²) in [7, 11) is 0. The number of nitro benzene ring substituents is 1. The smallest absolute Gasteiger partial charge is 0.409 e. The number of hydrogen-bond donors (Lipinski definition) is 2. The Balaban J connectivity index is 3.04. The maximum atomic E-state index is 10.4. The van der Waals surface area contributed by atoms with Crippen LogP contribution in [0.1, 0.15) is 0 Å². The number of nitrogens with one attached hydrogen (secondary N) is 1. The molecule has 0 saturated heterocycles. The van der Waals surface area contributed by atoms with Gasteiger partial charge in [-0.3, -0.25) is 15.4 Å². The Morgan fingerprint density at radius 1 is 1.46 bits per heavy atom. The highest BCUT2D eigenvalue weighted by Crippen LogP contribution is 2.22. The Bertz CT molecular complexity index is 350. The number of rotatable bonds is 2. The van der Waals surface area contributed by atoms with Crippen molar-refractivity contribution in [2.24, 2.45) is 0 Å². The molecule has 0 heterocycles. The zero-order valence-electron chi connectivity index (χ0n) is 6.43. The third kappa shape index (κ3) is 2.16. The summed E-state index contributed by atoms with van der Waals surface area (Å²) in [6.45, 7) is 0. The van der Waals surface area contributed by atoms with Crippen molar-refractivity contribution in [3.8, 4) is 0 Å². The van der Waals surface area contributed by atoms with Crippen molar-refractivity contribution in [3.63, 3.8) is 0 Å². The molecule has 68 valence electrons. The second kappa shape index (κ2) is 3.53. The first-order chi connectivity index (χ1) is 6.11. The number of anilines is 1. The van der Waals surface area contributed by atoms with E-state index in [0.717, 1.165) is 0 Å². The molecule has 0 aliphatic rings. The maximum absolute atomic E-state index is 10.4. The summed E-state index contributed by atoms with van der Waals surface area (Å²) >= 11 is 0. The van der Waals surface area contributed by atoms with Crippen LogP contribution in [0.3, 0.4) is 0 Å². The third-order valence-electron chi connectivity index (χ3n) is 1.34. The van der Waals surface area contributed by atoms with Crippen LogP contribution in [0.5, 0.6) is 0 Å². The van der Waals surface area contributed by atoms with Gasteiger partial charge in [0, 0.05) is 6.07 Å². The number of benzene rings is 1. The molecule has 0 atom stereocenters. The minimum Gasteiger partial charge on any atom is -0.465 e. The minimum atomic E-state index is -1.32. The fourth-order valence-electron chi connectivity index (χ4n) is 0.854. The topological polar surface area (TPSA) is 92.5 Å². The second-order valence-corrected chi connectivity index (χ2v) is 2.20. The molecule has 0 aromatic heterocycles. The zero-order valence-corrected chi connectivity index (χ0v) is 6.43. The summed E-state index contributed by atoms with van der Waals surface area (Å²) in [5, 5.41) is 20.6. The van der Waals surface area contributed by atoms with E-state index in [4.69, 9.17) is 5.11 Å². The third-order valence-corrected chi connectivity index (χ3v) is 1.34. The first-order valence-corrected chi connectivity index (χ1v) is 3.34. The van der Waals surface area contributed by atoms with Crippen molar-refractivity contribution in [2.45, 2.75) is 0 Å². The summed E-state index contributed by atoms with van der Waals surface area (Å²) in [4.78, 5) is 19.9. The number of para-hydroxylation sites is 2. The predicted octanol–water partition coefficient (Wildman–Crippen LogP) is 1.68. The molecule has 6 heteroatoms. The molecule has 0 spiro atoms.